The van der Waals surface area contributed by atoms with Crippen LogP contribution in [0.3, 0.4) is 0 Å². The van der Waals surface area contributed by atoms with E-state index >= 15 is 0 Å². The predicted octanol–water partition coefficient (Wildman–Crippen LogP) is 5.97. The van der Waals surface area contributed by atoms with Crippen LogP contribution >= 0.6 is 23.2 Å². The molecule has 10 nitrogen and oxygen atoms in total. The second kappa shape index (κ2) is 11.9. The molecule has 0 aromatic heterocycles. The van der Waals surface area contributed by atoms with Crippen molar-refractivity contribution in [1.82, 2.24) is 0 Å². The van der Waals surface area contributed by atoms with E-state index in [0.717, 1.165) is 0 Å². The number of nitrogens with zero attached hydrogens (tertiary/aromatic N) is 4. The van der Waals surface area contributed by atoms with Gasteiger partial charge in [-0.1, -0.05) is 35.3 Å². The summed E-state index contributed by atoms with van der Waals surface area (Å²) in [7, 11) is 0. The van der Waals surface area contributed by atoms with Crippen LogP contribution < -0.4 is 9.80 Å². The molecule has 2 fully saturated rings. The van der Waals surface area contributed by atoms with Crippen LogP contribution in [-0.2, 0) is 9.47 Å². The molecule has 2 N–H and O–H groups in total. The van der Waals surface area contributed by atoms with Gasteiger partial charge >= 0.3 is 12.2 Å². The Morgan fingerprint density at radius 2 is 1.13 bits per heavy atom. The molecule has 0 unspecified atom stereocenters. The Balaban J connectivity index is 0.000000211. The summed E-state index contributed by atoms with van der Waals surface area (Å²) in [5.41, 5.74) is 1.66. The number of benzene rings is 2. The van der Waals surface area contributed by atoms with E-state index in [-0.39, 0.29) is 10.0 Å². The average molecular weight is 561 g/mol. The van der Waals surface area contributed by atoms with Crippen LogP contribution in [0, 0.1) is 13.1 Å². The molecule has 2 aliphatic heterocycles. The largest absolute Gasteiger partial charge is 0.444 e. The van der Waals surface area contributed by atoms with E-state index in [1.54, 1.807) is 52.0 Å². The lowest BCUT2D eigenvalue weighted by atomic mass is 10.1. The lowest BCUT2D eigenvalue weighted by Crippen LogP contribution is -2.43. The maximum atomic E-state index is 11.9. The maximum absolute atomic E-state index is 11.9. The second-order valence-electron chi connectivity index (χ2n) is 8.88. The smallest absolute Gasteiger partial charge is 0.415 e. The van der Waals surface area contributed by atoms with E-state index in [1.807, 2.05) is 0 Å². The Labute approximate surface area is 230 Å². The summed E-state index contributed by atoms with van der Waals surface area (Å²) in [5.74, 6) is 0. The molecule has 2 aromatic carbocycles. The molecule has 38 heavy (non-hydrogen) atoms. The number of rotatable bonds is 4. The predicted molar refractivity (Wildman–Crippen MR) is 143 cm³/mol. The Bertz CT molecular complexity index is 1210. The number of carbonyl (C=O) groups excluding carboxylic acids is 2. The van der Waals surface area contributed by atoms with Crippen LogP contribution in [0.1, 0.15) is 27.7 Å². The first-order valence-electron chi connectivity index (χ1n) is 11.6. The minimum Gasteiger partial charge on any atom is -0.444 e. The van der Waals surface area contributed by atoms with Gasteiger partial charge in [-0.05, 0) is 52.0 Å². The van der Waals surface area contributed by atoms with Crippen molar-refractivity contribution in [1.29, 1.82) is 0 Å². The Morgan fingerprint density at radius 1 is 0.789 bits per heavy atom. The van der Waals surface area contributed by atoms with Gasteiger partial charge in [0.15, 0.2) is 0 Å². The van der Waals surface area contributed by atoms with Gasteiger partial charge in [0.1, 0.15) is 24.3 Å². The molecule has 200 valence electrons. The molecular weight excluding hydrogens is 535 g/mol. The van der Waals surface area contributed by atoms with Crippen LogP contribution in [0.5, 0.6) is 0 Å². The SMILES string of the molecule is [C-]#[N+]c1ccc(N2C(=O)O[C@H](C)[C@@H]2[C@@H](C)O)cc1Cl.[C-]#[N+]c1ccc(N2C(=O)O[C@H](C)[C@@H]2[C@H](C)O)cc1Cl. The van der Waals surface area contributed by atoms with Crippen LogP contribution in [0.4, 0.5) is 32.3 Å². The number of cyclic esters (lactones) is 2. The third-order valence-electron chi connectivity index (χ3n) is 6.17. The number of hydrogen-bond acceptors (Lipinski definition) is 6. The first kappa shape index (κ1) is 29.0. The van der Waals surface area contributed by atoms with Crippen LogP contribution in [-0.4, -0.2) is 58.9 Å². The van der Waals surface area contributed by atoms with Gasteiger partial charge in [0, 0.05) is 21.4 Å². The molecule has 0 aliphatic carbocycles. The highest BCUT2D eigenvalue weighted by molar-refractivity contribution is 6.34. The van der Waals surface area contributed by atoms with Crippen molar-refractivity contribution in [2.45, 2.75) is 64.2 Å². The minimum atomic E-state index is -0.735. The van der Waals surface area contributed by atoms with Crippen LogP contribution in [0.2, 0.25) is 10.0 Å². The van der Waals surface area contributed by atoms with E-state index in [1.165, 1.54) is 21.9 Å². The molecule has 4 rings (SSSR count). The summed E-state index contributed by atoms with van der Waals surface area (Å²) >= 11 is 11.9. The summed E-state index contributed by atoms with van der Waals surface area (Å²) in [6.45, 7) is 20.5. The Hall–Kier alpha value is -3.54. The number of anilines is 2. The van der Waals surface area contributed by atoms with E-state index < -0.39 is 48.7 Å². The summed E-state index contributed by atoms with van der Waals surface area (Å²) in [5, 5.41) is 20.1. The van der Waals surface area contributed by atoms with E-state index in [4.69, 9.17) is 45.8 Å². The van der Waals surface area contributed by atoms with Gasteiger partial charge in [0.2, 0.25) is 11.4 Å². The zero-order valence-electron chi connectivity index (χ0n) is 21.0. The molecule has 2 amide bonds. The maximum Gasteiger partial charge on any atom is 0.415 e. The first-order chi connectivity index (χ1) is 17.9. The van der Waals surface area contributed by atoms with Crippen LogP contribution in [0.25, 0.3) is 9.69 Å². The molecule has 0 spiro atoms. The summed E-state index contributed by atoms with van der Waals surface area (Å²) in [6.07, 6.45) is -3.34. The standard InChI is InChI=1S/2C13H13ClN2O3/c2*1-7(17)12-8(2)19-13(18)16(12)9-4-5-11(15-3)10(14)6-9/h2*4-8,12,17H,1-2H3/t7-,8+,12-;7-,8-,12+/m01/s1. The molecule has 2 aromatic rings. The number of halogens is 2. The van der Waals surface area contributed by atoms with Gasteiger partial charge in [-0.2, -0.15) is 0 Å². The third-order valence-corrected chi connectivity index (χ3v) is 6.78. The van der Waals surface area contributed by atoms with E-state index in [2.05, 4.69) is 9.69 Å². The molecule has 6 atom stereocenters. The fraction of sp³-hybridized carbons (Fsp3) is 0.385. The zero-order valence-corrected chi connectivity index (χ0v) is 22.5. The Morgan fingerprint density at radius 3 is 1.39 bits per heavy atom. The normalized spacial score (nSPS) is 23.9. The average Bonchev–Trinajstić information content (AvgIpc) is 3.32. The zero-order chi connectivity index (χ0) is 28.3. The molecule has 2 heterocycles. The first-order valence-corrected chi connectivity index (χ1v) is 12.4. The number of aliphatic hydroxyl groups is 2. The van der Waals surface area contributed by atoms with Crippen LogP contribution in [0.15, 0.2) is 36.4 Å². The fourth-order valence-electron chi connectivity index (χ4n) is 4.48. The molecule has 2 aliphatic rings. The van der Waals surface area contributed by atoms with Crippen molar-refractivity contribution < 1.29 is 29.3 Å². The number of aliphatic hydroxyl groups excluding tert-OH is 2. The van der Waals surface area contributed by atoms with Crippen molar-refractivity contribution in [2.75, 3.05) is 9.80 Å². The fourth-order valence-corrected chi connectivity index (χ4v) is 4.91. The molecular formula is C26H26Cl2N4O6. The second-order valence-corrected chi connectivity index (χ2v) is 9.69. The summed E-state index contributed by atoms with van der Waals surface area (Å²) in [4.78, 5) is 33.0. The van der Waals surface area contributed by atoms with Gasteiger partial charge in [-0.15, -0.1) is 0 Å². The lowest BCUT2D eigenvalue weighted by molar-refractivity contribution is 0.0984. The van der Waals surface area contributed by atoms with Crippen molar-refractivity contribution in [3.05, 3.63) is 69.3 Å². The van der Waals surface area contributed by atoms with Crippen molar-refractivity contribution in [3.8, 4) is 0 Å². The van der Waals surface area contributed by atoms with Gasteiger partial charge in [0.25, 0.3) is 0 Å². The van der Waals surface area contributed by atoms with E-state index in [9.17, 15) is 19.8 Å². The highest BCUT2D eigenvalue weighted by Crippen LogP contribution is 2.35. The number of carbonyl (C=O) groups is 2. The number of ether oxygens (including phenoxy) is 2. The van der Waals surface area contributed by atoms with Gasteiger partial charge in [-0.25, -0.2) is 19.3 Å². The van der Waals surface area contributed by atoms with Crippen molar-refractivity contribution in [2.24, 2.45) is 0 Å². The van der Waals surface area contributed by atoms with E-state index in [0.29, 0.717) is 22.7 Å². The summed E-state index contributed by atoms with van der Waals surface area (Å²) in [6, 6.07) is 8.44. The van der Waals surface area contributed by atoms with Crippen molar-refractivity contribution in [3.63, 3.8) is 0 Å². The third kappa shape index (κ3) is 5.79. The van der Waals surface area contributed by atoms with Gasteiger partial charge in [0.05, 0.1) is 25.4 Å². The molecule has 2 saturated heterocycles. The topological polar surface area (TPSA) is 108 Å². The molecule has 12 heteroatoms. The molecule has 0 radical (unpaired) electrons. The summed E-state index contributed by atoms with van der Waals surface area (Å²) < 4.78 is 10.2. The molecule has 0 bridgehead atoms. The monoisotopic (exact) mass is 560 g/mol. The quantitative estimate of drug-likeness (QED) is 0.446. The van der Waals surface area contributed by atoms with Gasteiger partial charge < -0.3 is 19.7 Å². The number of amides is 2. The van der Waals surface area contributed by atoms with Gasteiger partial charge in [-0.3, -0.25) is 9.80 Å². The Kier molecular flexibility index (Phi) is 9.08. The highest BCUT2D eigenvalue weighted by Gasteiger charge is 2.44. The highest BCUT2D eigenvalue weighted by atomic mass is 35.5. The molecule has 0 saturated carbocycles. The van der Waals surface area contributed by atoms with Crippen molar-refractivity contribution >= 4 is 58.1 Å². The number of hydrogen-bond donors (Lipinski definition) is 2. The minimum absolute atomic E-state index is 0.268. The lowest BCUT2D eigenvalue weighted by Gasteiger charge is -2.25.